The molecule has 3 rings (SSSR count). The molecule has 2 aromatic heterocycles. The summed E-state index contributed by atoms with van der Waals surface area (Å²) < 4.78 is 1.87. The Kier molecular flexibility index (Phi) is 3.66. The summed E-state index contributed by atoms with van der Waals surface area (Å²) in [6.45, 7) is 4.11. The Morgan fingerprint density at radius 1 is 1.19 bits per heavy atom. The van der Waals surface area contributed by atoms with Crippen LogP contribution in [0.15, 0.2) is 42.7 Å². The Balaban J connectivity index is 2.17. The van der Waals surface area contributed by atoms with E-state index in [9.17, 15) is 0 Å². The number of aromatic nitrogens is 3. The van der Waals surface area contributed by atoms with Gasteiger partial charge in [0.25, 0.3) is 0 Å². The molecule has 5 heteroatoms. The lowest BCUT2D eigenvalue weighted by Crippen LogP contribution is -2.19. The molecule has 2 N–H and O–H groups in total. The summed E-state index contributed by atoms with van der Waals surface area (Å²) in [6, 6.07) is 9.79. The van der Waals surface area contributed by atoms with E-state index in [-0.39, 0.29) is 12.1 Å². The zero-order valence-corrected chi connectivity index (χ0v) is 12.7. The summed E-state index contributed by atoms with van der Waals surface area (Å²) in [6.07, 6.45) is 3.43. The van der Waals surface area contributed by atoms with E-state index < -0.39 is 0 Å². The van der Waals surface area contributed by atoms with Crippen molar-refractivity contribution >= 4 is 22.5 Å². The van der Waals surface area contributed by atoms with Gasteiger partial charge in [0.1, 0.15) is 0 Å². The van der Waals surface area contributed by atoms with E-state index in [1.807, 2.05) is 35.0 Å². The van der Waals surface area contributed by atoms with E-state index in [0.717, 1.165) is 22.2 Å². The quantitative estimate of drug-likeness (QED) is 0.802. The van der Waals surface area contributed by atoms with E-state index >= 15 is 0 Å². The first kappa shape index (κ1) is 14.0. The average Bonchev–Trinajstić information content (AvgIpc) is 2.88. The van der Waals surface area contributed by atoms with Crippen molar-refractivity contribution in [3.05, 3.63) is 59.0 Å². The summed E-state index contributed by atoms with van der Waals surface area (Å²) in [7, 11) is 0. The van der Waals surface area contributed by atoms with Gasteiger partial charge in [0.2, 0.25) is 0 Å². The van der Waals surface area contributed by atoms with Crippen molar-refractivity contribution in [2.75, 3.05) is 0 Å². The van der Waals surface area contributed by atoms with Crippen molar-refractivity contribution in [2.24, 2.45) is 5.73 Å². The highest BCUT2D eigenvalue weighted by atomic mass is 35.5. The van der Waals surface area contributed by atoms with Gasteiger partial charge >= 0.3 is 0 Å². The first-order valence-corrected chi connectivity index (χ1v) is 7.29. The number of nitrogens with two attached hydrogens (primary N) is 1. The molecule has 0 saturated heterocycles. The van der Waals surface area contributed by atoms with Gasteiger partial charge in [-0.1, -0.05) is 35.9 Å². The highest BCUT2D eigenvalue weighted by Crippen LogP contribution is 2.31. The Morgan fingerprint density at radius 3 is 2.71 bits per heavy atom. The lowest BCUT2D eigenvalue weighted by Gasteiger charge is -2.18. The Labute approximate surface area is 128 Å². The fraction of sp³-hybridized carbons (Fsp3) is 0.250. The minimum Gasteiger partial charge on any atom is -0.319 e. The second kappa shape index (κ2) is 5.47. The molecule has 0 aliphatic carbocycles. The number of fused-ring (bicyclic) bond motifs is 1. The lowest BCUT2D eigenvalue weighted by atomic mass is 10.0. The number of halogens is 1. The molecule has 21 heavy (non-hydrogen) atoms. The van der Waals surface area contributed by atoms with Crippen LogP contribution >= 0.6 is 11.6 Å². The van der Waals surface area contributed by atoms with Gasteiger partial charge in [-0.15, -0.1) is 0 Å². The molecule has 0 spiro atoms. The highest BCUT2D eigenvalue weighted by molar-refractivity contribution is 6.31. The number of hydrogen-bond acceptors (Lipinski definition) is 3. The molecule has 0 saturated carbocycles. The number of nitrogens with zero attached hydrogens (tertiary/aromatic N) is 3. The first-order chi connectivity index (χ1) is 10.1. The molecule has 0 amide bonds. The van der Waals surface area contributed by atoms with Crippen LogP contribution in [0.2, 0.25) is 5.02 Å². The second-order valence-electron chi connectivity index (χ2n) is 5.32. The fourth-order valence-electron chi connectivity index (χ4n) is 2.58. The third-order valence-electron chi connectivity index (χ3n) is 3.57. The summed E-state index contributed by atoms with van der Waals surface area (Å²) in [5.74, 6) is 0. The Bertz CT molecular complexity index is 774. The number of benzene rings is 1. The molecule has 4 nitrogen and oxygen atoms in total. The van der Waals surface area contributed by atoms with Crippen molar-refractivity contribution in [2.45, 2.75) is 25.9 Å². The SMILES string of the molecule is CC(C)n1ncc(Cl)c1C(N)c1cccc2cccnc12. The zero-order chi connectivity index (χ0) is 15.0. The van der Waals surface area contributed by atoms with Crippen molar-refractivity contribution < 1.29 is 0 Å². The Morgan fingerprint density at radius 2 is 1.95 bits per heavy atom. The molecule has 108 valence electrons. The van der Waals surface area contributed by atoms with Crippen molar-refractivity contribution in [1.82, 2.24) is 14.8 Å². The van der Waals surface area contributed by atoms with Crippen molar-refractivity contribution in [1.29, 1.82) is 0 Å². The maximum Gasteiger partial charge on any atom is 0.0837 e. The van der Waals surface area contributed by atoms with E-state index in [0.29, 0.717) is 5.02 Å². The van der Waals surface area contributed by atoms with Crippen LogP contribution in [0.5, 0.6) is 0 Å². The minimum atomic E-state index is -0.360. The number of para-hydroxylation sites is 1. The standard InChI is InChI=1S/C16H17ClN4/c1-10(2)21-16(13(17)9-20-21)14(18)12-7-3-5-11-6-4-8-19-15(11)12/h3-10,14H,18H2,1-2H3. The van der Waals surface area contributed by atoms with E-state index in [1.165, 1.54) is 0 Å². The predicted octanol–water partition coefficient (Wildman–Crippen LogP) is 3.71. The monoisotopic (exact) mass is 300 g/mol. The average molecular weight is 301 g/mol. The maximum absolute atomic E-state index is 6.48. The van der Waals surface area contributed by atoms with E-state index in [1.54, 1.807) is 12.4 Å². The van der Waals surface area contributed by atoms with Crippen LogP contribution in [-0.2, 0) is 0 Å². The third-order valence-corrected chi connectivity index (χ3v) is 3.86. The van der Waals surface area contributed by atoms with Gasteiger partial charge in [0.15, 0.2) is 0 Å². The fourth-order valence-corrected chi connectivity index (χ4v) is 2.83. The van der Waals surface area contributed by atoms with Crippen LogP contribution in [0, 0.1) is 0 Å². The molecule has 0 fully saturated rings. The number of pyridine rings is 1. The molecule has 0 aliphatic rings. The molecule has 1 aromatic carbocycles. The highest BCUT2D eigenvalue weighted by Gasteiger charge is 2.21. The second-order valence-corrected chi connectivity index (χ2v) is 5.72. The van der Waals surface area contributed by atoms with Gasteiger partial charge in [-0.25, -0.2) is 0 Å². The first-order valence-electron chi connectivity index (χ1n) is 6.91. The van der Waals surface area contributed by atoms with Crippen LogP contribution in [0.4, 0.5) is 0 Å². The third kappa shape index (κ3) is 2.41. The van der Waals surface area contributed by atoms with Gasteiger partial charge < -0.3 is 5.73 Å². The number of rotatable bonds is 3. The summed E-state index contributed by atoms with van der Waals surface area (Å²) >= 11 is 6.30. The lowest BCUT2D eigenvalue weighted by molar-refractivity contribution is 0.499. The molecular weight excluding hydrogens is 284 g/mol. The predicted molar refractivity (Wildman–Crippen MR) is 85.4 cm³/mol. The Hall–Kier alpha value is -1.91. The summed E-state index contributed by atoms with van der Waals surface area (Å²) in [4.78, 5) is 4.46. The van der Waals surface area contributed by atoms with Crippen molar-refractivity contribution in [3.8, 4) is 0 Å². The smallest absolute Gasteiger partial charge is 0.0837 e. The number of hydrogen-bond donors (Lipinski definition) is 1. The van der Waals surface area contributed by atoms with Gasteiger partial charge in [0.05, 0.1) is 28.5 Å². The van der Waals surface area contributed by atoms with Crippen LogP contribution in [0.25, 0.3) is 10.9 Å². The van der Waals surface area contributed by atoms with Crippen LogP contribution < -0.4 is 5.73 Å². The zero-order valence-electron chi connectivity index (χ0n) is 12.0. The topological polar surface area (TPSA) is 56.7 Å². The molecule has 0 aliphatic heterocycles. The molecule has 0 bridgehead atoms. The van der Waals surface area contributed by atoms with Crippen LogP contribution in [0.1, 0.15) is 37.2 Å². The molecule has 2 heterocycles. The minimum absolute atomic E-state index is 0.196. The molecular formula is C16H17ClN4. The molecule has 3 aromatic rings. The van der Waals surface area contributed by atoms with Crippen LogP contribution in [0.3, 0.4) is 0 Å². The normalized spacial score (nSPS) is 13.0. The van der Waals surface area contributed by atoms with Gasteiger partial charge in [-0.05, 0) is 19.9 Å². The van der Waals surface area contributed by atoms with Gasteiger partial charge in [0, 0.05) is 23.2 Å². The van der Waals surface area contributed by atoms with Crippen molar-refractivity contribution in [3.63, 3.8) is 0 Å². The largest absolute Gasteiger partial charge is 0.319 e. The van der Waals surface area contributed by atoms with Crippen LogP contribution in [-0.4, -0.2) is 14.8 Å². The van der Waals surface area contributed by atoms with E-state index in [2.05, 4.69) is 23.9 Å². The maximum atomic E-state index is 6.48. The molecule has 1 atom stereocenters. The van der Waals surface area contributed by atoms with Gasteiger partial charge in [-0.2, -0.15) is 5.10 Å². The summed E-state index contributed by atoms with van der Waals surface area (Å²) in [5.41, 5.74) is 9.16. The molecule has 1 unspecified atom stereocenters. The molecule has 0 radical (unpaired) electrons. The van der Waals surface area contributed by atoms with Gasteiger partial charge in [-0.3, -0.25) is 9.67 Å². The van der Waals surface area contributed by atoms with E-state index in [4.69, 9.17) is 17.3 Å². The summed E-state index contributed by atoms with van der Waals surface area (Å²) in [5, 5.41) is 5.98.